The first-order valence-electron chi connectivity index (χ1n) is 12.4. The van der Waals surface area contributed by atoms with Crippen molar-refractivity contribution in [2.45, 2.75) is 64.2 Å². The van der Waals surface area contributed by atoms with E-state index >= 15 is 0 Å². The Hall–Kier alpha value is -3.40. The molecule has 0 aliphatic heterocycles. The third-order valence-electron chi connectivity index (χ3n) is 6.94. The normalized spacial score (nSPS) is 16.9. The zero-order valence-corrected chi connectivity index (χ0v) is 19.8. The molecule has 0 N–H and O–H groups in total. The molecular formula is C30H30O4. The number of benzene rings is 3. The molecule has 0 fully saturated rings. The van der Waals surface area contributed by atoms with Gasteiger partial charge >= 0.3 is 11.9 Å². The van der Waals surface area contributed by atoms with Crippen LogP contribution in [0.3, 0.4) is 0 Å². The summed E-state index contributed by atoms with van der Waals surface area (Å²) in [6.07, 6.45) is 4.03. The second-order valence-electron chi connectivity index (χ2n) is 9.17. The fraction of sp³-hybridized carbons (Fsp3) is 0.333. The fourth-order valence-electron chi connectivity index (χ4n) is 5.37. The molecule has 4 nitrogen and oxygen atoms in total. The lowest BCUT2D eigenvalue weighted by Gasteiger charge is -2.42. The Morgan fingerprint density at radius 1 is 0.647 bits per heavy atom. The van der Waals surface area contributed by atoms with Crippen molar-refractivity contribution in [3.63, 3.8) is 0 Å². The summed E-state index contributed by atoms with van der Waals surface area (Å²) in [6.45, 7) is 4.09. The first-order chi connectivity index (χ1) is 16.6. The molecule has 6 rings (SSSR count). The Morgan fingerprint density at radius 3 is 1.68 bits per heavy atom. The van der Waals surface area contributed by atoms with E-state index in [-0.39, 0.29) is 23.8 Å². The van der Waals surface area contributed by atoms with Crippen molar-refractivity contribution in [1.82, 2.24) is 0 Å². The summed E-state index contributed by atoms with van der Waals surface area (Å²) in [5, 5.41) is 0. The highest BCUT2D eigenvalue weighted by atomic mass is 16.6. The van der Waals surface area contributed by atoms with E-state index in [1.165, 1.54) is 22.3 Å². The number of carbonyl (C=O) groups excluding carboxylic acids is 2. The lowest BCUT2D eigenvalue weighted by Crippen LogP contribution is -2.28. The first-order valence-corrected chi connectivity index (χ1v) is 12.4. The molecule has 174 valence electrons. The highest BCUT2D eigenvalue weighted by Gasteiger charge is 2.44. The summed E-state index contributed by atoms with van der Waals surface area (Å²) in [5.74, 6) is 0.147. The minimum Gasteiger partial charge on any atom is -0.423 e. The molecule has 3 aliphatic carbocycles. The number of ether oxygens (including phenoxy) is 2. The Balaban J connectivity index is 1.66. The van der Waals surface area contributed by atoms with Gasteiger partial charge in [0.15, 0.2) is 11.5 Å². The van der Waals surface area contributed by atoms with Crippen molar-refractivity contribution in [2.75, 3.05) is 0 Å². The van der Waals surface area contributed by atoms with Gasteiger partial charge in [-0.15, -0.1) is 0 Å². The predicted octanol–water partition coefficient (Wildman–Crippen LogP) is 6.87. The summed E-state index contributed by atoms with van der Waals surface area (Å²) >= 11 is 0. The van der Waals surface area contributed by atoms with Crippen LogP contribution in [0.5, 0.6) is 11.5 Å². The molecule has 0 heterocycles. The number of esters is 2. The summed E-state index contributed by atoms with van der Waals surface area (Å²) in [6, 6.07) is 20.8. The summed E-state index contributed by atoms with van der Waals surface area (Å²) in [5.41, 5.74) is 7.09. The van der Waals surface area contributed by atoms with Crippen molar-refractivity contribution in [1.29, 1.82) is 0 Å². The van der Waals surface area contributed by atoms with Gasteiger partial charge in [-0.1, -0.05) is 81.3 Å². The Bertz CT molecular complexity index is 1190. The van der Waals surface area contributed by atoms with Crippen LogP contribution in [0, 0.1) is 0 Å². The first kappa shape index (κ1) is 22.4. The maximum absolute atomic E-state index is 12.8. The van der Waals surface area contributed by atoms with Crippen LogP contribution in [0.2, 0.25) is 0 Å². The minimum absolute atomic E-state index is 0.0605. The van der Waals surface area contributed by atoms with Crippen molar-refractivity contribution in [3.05, 3.63) is 94.0 Å². The van der Waals surface area contributed by atoms with E-state index in [9.17, 15) is 9.59 Å². The third kappa shape index (κ3) is 3.81. The van der Waals surface area contributed by atoms with Crippen LogP contribution in [0.1, 0.15) is 97.6 Å². The molecule has 0 saturated carbocycles. The van der Waals surface area contributed by atoms with Gasteiger partial charge in [-0.25, -0.2) is 0 Å². The van der Waals surface area contributed by atoms with E-state index in [1.54, 1.807) is 6.07 Å². The van der Waals surface area contributed by atoms with Gasteiger partial charge < -0.3 is 9.47 Å². The van der Waals surface area contributed by atoms with Gasteiger partial charge in [-0.2, -0.15) is 0 Å². The molecule has 3 aromatic rings. The fourth-order valence-corrected chi connectivity index (χ4v) is 5.37. The average Bonchev–Trinajstić information content (AvgIpc) is 2.87. The third-order valence-corrected chi connectivity index (χ3v) is 6.94. The lowest BCUT2D eigenvalue weighted by molar-refractivity contribution is -0.137. The van der Waals surface area contributed by atoms with Crippen LogP contribution in [0.25, 0.3) is 0 Å². The molecule has 0 atom stereocenters. The van der Waals surface area contributed by atoms with E-state index in [0.717, 1.165) is 36.8 Å². The lowest BCUT2D eigenvalue weighted by atomic mass is 9.61. The van der Waals surface area contributed by atoms with E-state index in [4.69, 9.17) is 9.47 Å². The van der Waals surface area contributed by atoms with Gasteiger partial charge in [0, 0.05) is 30.2 Å². The number of hydrogen-bond donors (Lipinski definition) is 0. The zero-order valence-electron chi connectivity index (χ0n) is 19.8. The largest absolute Gasteiger partial charge is 0.423 e. The van der Waals surface area contributed by atoms with Crippen LogP contribution in [-0.2, 0) is 9.59 Å². The number of unbranched alkanes of at least 4 members (excludes halogenated alkanes) is 2. The number of hydrogen-bond acceptors (Lipinski definition) is 4. The monoisotopic (exact) mass is 454 g/mol. The van der Waals surface area contributed by atoms with Crippen molar-refractivity contribution >= 4 is 11.9 Å². The van der Waals surface area contributed by atoms with E-state index in [0.29, 0.717) is 24.3 Å². The molecule has 0 radical (unpaired) electrons. The molecule has 0 amide bonds. The van der Waals surface area contributed by atoms with Crippen LogP contribution in [0.4, 0.5) is 0 Å². The van der Waals surface area contributed by atoms with E-state index in [2.05, 4.69) is 48.5 Å². The quantitative estimate of drug-likeness (QED) is 0.190. The maximum Gasteiger partial charge on any atom is 0.311 e. The Kier molecular flexibility index (Phi) is 6.23. The van der Waals surface area contributed by atoms with Crippen molar-refractivity contribution in [2.24, 2.45) is 0 Å². The predicted molar refractivity (Wildman–Crippen MR) is 132 cm³/mol. The van der Waals surface area contributed by atoms with Gasteiger partial charge in [0.25, 0.3) is 0 Å². The van der Waals surface area contributed by atoms with Crippen LogP contribution in [-0.4, -0.2) is 11.9 Å². The minimum atomic E-state index is -0.297. The molecular weight excluding hydrogens is 424 g/mol. The molecule has 3 aliphatic rings. The van der Waals surface area contributed by atoms with E-state index < -0.39 is 0 Å². The van der Waals surface area contributed by atoms with Crippen LogP contribution >= 0.6 is 0 Å². The molecule has 4 heteroatoms. The molecule has 34 heavy (non-hydrogen) atoms. The van der Waals surface area contributed by atoms with Gasteiger partial charge in [-0.3, -0.25) is 9.59 Å². The topological polar surface area (TPSA) is 52.6 Å². The second-order valence-corrected chi connectivity index (χ2v) is 9.17. The van der Waals surface area contributed by atoms with E-state index in [1.807, 2.05) is 19.9 Å². The summed E-state index contributed by atoms with van der Waals surface area (Å²) in [7, 11) is 0. The summed E-state index contributed by atoms with van der Waals surface area (Å²) < 4.78 is 11.8. The van der Waals surface area contributed by atoms with Gasteiger partial charge in [0.05, 0.1) is 0 Å². The molecule has 0 spiro atoms. The van der Waals surface area contributed by atoms with Crippen LogP contribution < -0.4 is 9.47 Å². The van der Waals surface area contributed by atoms with Crippen LogP contribution in [0.15, 0.2) is 60.7 Å². The average molecular weight is 455 g/mol. The van der Waals surface area contributed by atoms with Crippen molar-refractivity contribution in [3.8, 4) is 11.5 Å². The smallest absolute Gasteiger partial charge is 0.311 e. The van der Waals surface area contributed by atoms with Crippen molar-refractivity contribution < 1.29 is 19.1 Å². The van der Waals surface area contributed by atoms with Gasteiger partial charge in [0.1, 0.15) is 0 Å². The summed E-state index contributed by atoms with van der Waals surface area (Å²) in [4.78, 5) is 25.3. The number of rotatable bonds is 8. The zero-order chi connectivity index (χ0) is 23.7. The molecule has 0 unspecified atom stereocenters. The van der Waals surface area contributed by atoms with Gasteiger partial charge in [-0.05, 0) is 46.7 Å². The Labute approximate surface area is 200 Å². The SMILES string of the molecule is CCCCC(=O)Oc1ccc2c(c1OC(=O)CCCC)C1c3ccccc3C2c2ccccc21. The standard InChI is InChI=1S/C30H30O4/c1-3-5-15-25(31)33-24-18-17-23-27-19-11-7-9-13-21(19)28(22-14-10-8-12-20(22)27)29(23)30(24)34-26(32)16-6-4-2/h7-14,17-18,27-28H,3-6,15-16H2,1-2H3. The molecule has 0 saturated heterocycles. The second kappa shape index (κ2) is 9.46. The maximum atomic E-state index is 12.8. The molecule has 0 aromatic heterocycles. The highest BCUT2D eigenvalue weighted by Crippen LogP contribution is 2.59. The highest BCUT2D eigenvalue weighted by molar-refractivity contribution is 5.80. The molecule has 3 aromatic carbocycles. The Morgan fingerprint density at radius 2 is 1.15 bits per heavy atom. The van der Waals surface area contributed by atoms with Gasteiger partial charge in [0.2, 0.25) is 0 Å². The number of carbonyl (C=O) groups is 2. The molecule has 2 bridgehead atoms.